The largest absolute Gasteiger partial charge is 0.493 e. The summed E-state index contributed by atoms with van der Waals surface area (Å²) in [5.41, 5.74) is 0.827. The molecule has 1 amide bonds. The zero-order valence-corrected chi connectivity index (χ0v) is 12.7. The Kier molecular flexibility index (Phi) is 4.67. The lowest BCUT2D eigenvalue weighted by atomic mass is 10.1. The zero-order chi connectivity index (χ0) is 16.8. The van der Waals surface area contributed by atoms with E-state index in [0.29, 0.717) is 5.75 Å². The molecule has 0 unspecified atom stereocenters. The van der Waals surface area contributed by atoms with Gasteiger partial charge in [0.2, 0.25) is 17.7 Å². The minimum Gasteiger partial charge on any atom is -0.493 e. The van der Waals surface area contributed by atoms with Crippen LogP contribution >= 0.6 is 0 Å². The Morgan fingerprint density at radius 2 is 1.71 bits per heavy atom. The van der Waals surface area contributed by atoms with Gasteiger partial charge in [0.05, 0.1) is 6.42 Å². The molecule has 0 radical (unpaired) electrons. The van der Waals surface area contributed by atoms with E-state index in [2.05, 4.69) is 15.3 Å². The van der Waals surface area contributed by atoms with E-state index < -0.39 is 0 Å². The van der Waals surface area contributed by atoms with Crippen LogP contribution in [0, 0.1) is 0 Å². The van der Waals surface area contributed by atoms with Gasteiger partial charge in [-0.25, -0.2) is 4.98 Å². The van der Waals surface area contributed by atoms with Crippen LogP contribution in [-0.4, -0.2) is 21.0 Å². The first-order chi connectivity index (χ1) is 11.7. The van der Waals surface area contributed by atoms with E-state index in [1.165, 1.54) is 12.3 Å². The second-order valence-corrected chi connectivity index (χ2v) is 5.02. The molecule has 0 bridgehead atoms. The van der Waals surface area contributed by atoms with Crippen molar-refractivity contribution in [1.29, 1.82) is 0 Å². The third-order valence-corrected chi connectivity index (χ3v) is 3.16. The van der Waals surface area contributed by atoms with E-state index in [-0.39, 0.29) is 24.2 Å². The number of hydrogen-bond acceptors (Lipinski definition) is 5. The number of aromatic nitrogens is 2. The Hall–Kier alpha value is -3.41. The maximum absolute atomic E-state index is 12.0. The fraction of sp³-hybridized carbons (Fsp3) is 0.0556. The number of rotatable bonds is 5. The number of nitrogens with zero attached hydrogens (tertiary/aromatic N) is 2. The second-order valence-electron chi connectivity index (χ2n) is 5.02. The molecule has 1 aromatic heterocycles. The van der Waals surface area contributed by atoms with Crippen LogP contribution in [-0.2, 0) is 11.2 Å². The molecule has 24 heavy (non-hydrogen) atoms. The quantitative estimate of drug-likeness (QED) is 0.754. The molecule has 0 aliphatic carbocycles. The van der Waals surface area contributed by atoms with E-state index >= 15 is 0 Å². The van der Waals surface area contributed by atoms with Crippen LogP contribution in [0.25, 0.3) is 0 Å². The summed E-state index contributed by atoms with van der Waals surface area (Å²) in [6, 6.07) is 18.1. The molecular weight excluding hydrogens is 306 g/mol. The topological polar surface area (TPSA) is 84.3 Å². The van der Waals surface area contributed by atoms with Gasteiger partial charge < -0.3 is 9.84 Å². The number of amides is 1. The first-order valence-electron chi connectivity index (χ1n) is 7.33. The second kappa shape index (κ2) is 7.23. The molecule has 3 aromatic rings. The van der Waals surface area contributed by atoms with Crippen molar-refractivity contribution in [2.45, 2.75) is 6.42 Å². The fourth-order valence-electron chi connectivity index (χ4n) is 2.06. The molecular formula is C18H15N3O3. The van der Waals surface area contributed by atoms with E-state index in [0.717, 1.165) is 11.3 Å². The normalized spacial score (nSPS) is 10.2. The lowest BCUT2D eigenvalue weighted by Gasteiger charge is -2.07. The van der Waals surface area contributed by atoms with E-state index in [4.69, 9.17) is 4.74 Å². The SMILES string of the molecule is O=C(Cc1ccc(Oc2ccccc2)cc1)Nc1nccc(O)n1. The molecule has 120 valence electrons. The molecule has 0 aliphatic rings. The molecule has 6 nitrogen and oxygen atoms in total. The molecule has 0 spiro atoms. The number of ether oxygens (including phenoxy) is 1. The van der Waals surface area contributed by atoms with E-state index in [9.17, 15) is 9.90 Å². The van der Waals surface area contributed by atoms with Gasteiger partial charge in [-0.05, 0) is 29.8 Å². The van der Waals surface area contributed by atoms with Crippen molar-refractivity contribution >= 4 is 11.9 Å². The highest BCUT2D eigenvalue weighted by atomic mass is 16.5. The molecule has 0 fully saturated rings. The molecule has 6 heteroatoms. The summed E-state index contributed by atoms with van der Waals surface area (Å²) < 4.78 is 5.70. The Labute approximate surface area is 138 Å². The lowest BCUT2D eigenvalue weighted by Crippen LogP contribution is -2.16. The molecule has 2 N–H and O–H groups in total. The first kappa shape index (κ1) is 15.5. The summed E-state index contributed by atoms with van der Waals surface area (Å²) in [6.07, 6.45) is 1.54. The number of para-hydroxylation sites is 1. The van der Waals surface area contributed by atoms with Crippen LogP contribution in [0.2, 0.25) is 0 Å². The van der Waals surface area contributed by atoms with Crippen molar-refractivity contribution in [2.24, 2.45) is 0 Å². The minimum atomic E-state index is -0.266. The maximum Gasteiger partial charge on any atom is 0.232 e. The predicted octanol–water partition coefficient (Wildman–Crippen LogP) is 3.16. The highest BCUT2D eigenvalue weighted by Crippen LogP contribution is 2.21. The first-order valence-corrected chi connectivity index (χ1v) is 7.33. The zero-order valence-electron chi connectivity index (χ0n) is 12.7. The molecule has 0 saturated heterocycles. The van der Waals surface area contributed by atoms with Crippen molar-refractivity contribution in [1.82, 2.24) is 9.97 Å². The van der Waals surface area contributed by atoms with Crippen LogP contribution in [0.4, 0.5) is 5.95 Å². The smallest absolute Gasteiger partial charge is 0.232 e. The maximum atomic E-state index is 12.0. The van der Waals surface area contributed by atoms with Crippen molar-refractivity contribution in [2.75, 3.05) is 5.32 Å². The Morgan fingerprint density at radius 1 is 1.00 bits per heavy atom. The Morgan fingerprint density at radius 3 is 2.42 bits per heavy atom. The van der Waals surface area contributed by atoms with Gasteiger partial charge in [-0.1, -0.05) is 30.3 Å². The van der Waals surface area contributed by atoms with Gasteiger partial charge in [0, 0.05) is 12.3 Å². The van der Waals surface area contributed by atoms with Gasteiger partial charge in [-0.3, -0.25) is 10.1 Å². The Bertz CT molecular complexity index is 820. The number of aromatic hydroxyl groups is 1. The summed E-state index contributed by atoms with van der Waals surface area (Å²) in [4.78, 5) is 19.5. The van der Waals surface area contributed by atoms with Gasteiger partial charge >= 0.3 is 0 Å². The highest BCUT2D eigenvalue weighted by Gasteiger charge is 2.07. The summed E-state index contributed by atoms with van der Waals surface area (Å²) in [5, 5.41) is 11.8. The van der Waals surface area contributed by atoms with Crippen LogP contribution in [0.1, 0.15) is 5.56 Å². The highest BCUT2D eigenvalue weighted by molar-refractivity contribution is 5.90. The third kappa shape index (κ3) is 4.30. The monoisotopic (exact) mass is 321 g/mol. The fourth-order valence-corrected chi connectivity index (χ4v) is 2.06. The van der Waals surface area contributed by atoms with Crippen molar-refractivity contribution < 1.29 is 14.6 Å². The summed E-state index contributed by atoms with van der Waals surface area (Å²) in [5.74, 6) is 1.06. The number of nitrogens with one attached hydrogen (secondary N) is 1. The van der Waals surface area contributed by atoms with Crippen molar-refractivity contribution in [3.8, 4) is 17.4 Å². The number of carbonyl (C=O) groups excluding carboxylic acids is 1. The van der Waals surface area contributed by atoms with Gasteiger partial charge in [0.25, 0.3) is 0 Å². The number of carbonyl (C=O) groups is 1. The van der Waals surface area contributed by atoms with Gasteiger partial charge in [0.15, 0.2) is 0 Å². The number of hydrogen-bond donors (Lipinski definition) is 2. The minimum absolute atomic E-state index is 0.0732. The predicted molar refractivity (Wildman–Crippen MR) is 89.0 cm³/mol. The van der Waals surface area contributed by atoms with Crippen LogP contribution in [0.5, 0.6) is 17.4 Å². The van der Waals surface area contributed by atoms with Gasteiger partial charge in [-0.2, -0.15) is 4.98 Å². The average molecular weight is 321 g/mol. The summed E-state index contributed by atoms with van der Waals surface area (Å²) >= 11 is 0. The molecule has 1 heterocycles. The van der Waals surface area contributed by atoms with Crippen molar-refractivity contribution in [3.63, 3.8) is 0 Å². The molecule has 0 saturated carbocycles. The molecule has 0 atom stereocenters. The van der Waals surface area contributed by atoms with Gasteiger partial charge in [-0.15, -0.1) is 0 Å². The standard InChI is InChI=1S/C18H15N3O3/c22-16-10-11-19-18(20-16)21-17(23)12-13-6-8-15(9-7-13)24-14-4-2-1-3-5-14/h1-11H,12H2,(H2,19,20,21,22,23). The summed E-state index contributed by atoms with van der Waals surface area (Å²) in [6.45, 7) is 0. The van der Waals surface area contributed by atoms with Crippen LogP contribution < -0.4 is 10.1 Å². The van der Waals surface area contributed by atoms with E-state index in [1.807, 2.05) is 42.5 Å². The number of anilines is 1. The molecule has 3 rings (SSSR count). The average Bonchev–Trinajstić information content (AvgIpc) is 2.57. The van der Waals surface area contributed by atoms with Crippen LogP contribution in [0.3, 0.4) is 0 Å². The number of benzene rings is 2. The molecule has 0 aliphatic heterocycles. The third-order valence-electron chi connectivity index (χ3n) is 3.16. The lowest BCUT2D eigenvalue weighted by molar-refractivity contribution is -0.115. The van der Waals surface area contributed by atoms with Crippen LogP contribution in [0.15, 0.2) is 66.9 Å². The summed E-state index contributed by atoms with van der Waals surface area (Å²) in [7, 11) is 0. The Balaban J connectivity index is 1.58. The van der Waals surface area contributed by atoms with E-state index in [1.54, 1.807) is 12.1 Å². The van der Waals surface area contributed by atoms with Crippen molar-refractivity contribution in [3.05, 3.63) is 72.4 Å². The van der Waals surface area contributed by atoms with Gasteiger partial charge in [0.1, 0.15) is 11.5 Å². The molecule has 2 aromatic carbocycles.